The van der Waals surface area contributed by atoms with E-state index in [0.29, 0.717) is 27.2 Å². The van der Waals surface area contributed by atoms with Crippen LogP contribution in [0.3, 0.4) is 0 Å². The van der Waals surface area contributed by atoms with E-state index in [2.05, 4.69) is 13.7 Å². The van der Waals surface area contributed by atoms with Crippen LogP contribution in [0.1, 0.15) is 0 Å². The van der Waals surface area contributed by atoms with Crippen molar-refractivity contribution in [1.82, 2.24) is 17.7 Å². The Morgan fingerprint density at radius 2 is 1.91 bits per heavy atom. The molecule has 0 aliphatic carbocycles. The van der Waals surface area contributed by atoms with Gasteiger partial charge in [-0.1, -0.05) is 17.7 Å². The van der Waals surface area contributed by atoms with Crippen molar-refractivity contribution < 1.29 is 8.42 Å². The molecule has 0 saturated carbocycles. The minimum atomic E-state index is -3.79. The molecule has 0 aliphatic rings. The molecule has 0 saturated heterocycles. The zero-order chi connectivity index (χ0) is 15.3. The highest BCUT2D eigenvalue weighted by molar-refractivity contribution is 7.90. The molecule has 0 fully saturated rings. The number of pyridine rings is 1. The fourth-order valence-electron chi connectivity index (χ4n) is 2.28. The van der Waals surface area contributed by atoms with E-state index in [0.717, 1.165) is 11.7 Å². The van der Waals surface area contributed by atoms with Crippen molar-refractivity contribution in [3.63, 3.8) is 0 Å². The minimum Gasteiger partial charge on any atom is -0.239 e. The number of benzene rings is 1. The topological polar surface area (TPSA) is 77.7 Å². The normalized spacial score (nSPS) is 12.2. The summed E-state index contributed by atoms with van der Waals surface area (Å²) >= 11 is 6.82. The molecule has 0 aliphatic heterocycles. The van der Waals surface area contributed by atoms with Crippen molar-refractivity contribution >= 4 is 55.4 Å². The van der Waals surface area contributed by atoms with Gasteiger partial charge in [-0.05, 0) is 30.3 Å². The molecular weight excluding hydrogens is 344 g/mol. The molecule has 9 heteroatoms. The molecule has 4 rings (SSSR count). The predicted molar refractivity (Wildman–Crippen MR) is 84.7 cm³/mol. The second kappa shape index (κ2) is 4.73. The second-order valence-corrected chi connectivity index (χ2v) is 7.24. The zero-order valence-corrected chi connectivity index (χ0v) is 13.2. The van der Waals surface area contributed by atoms with Crippen LogP contribution in [0.2, 0.25) is 5.15 Å². The van der Waals surface area contributed by atoms with Gasteiger partial charge >= 0.3 is 0 Å². The van der Waals surface area contributed by atoms with Crippen LogP contribution in [0.5, 0.6) is 0 Å². The maximum atomic E-state index is 12.9. The van der Waals surface area contributed by atoms with Crippen LogP contribution in [-0.2, 0) is 10.0 Å². The van der Waals surface area contributed by atoms with E-state index < -0.39 is 10.0 Å². The lowest BCUT2D eigenvalue weighted by atomic mass is 10.3. The Hall–Kier alpha value is -2.03. The molecule has 0 atom stereocenters. The van der Waals surface area contributed by atoms with Crippen LogP contribution in [0.4, 0.5) is 0 Å². The monoisotopic (exact) mass is 350 g/mol. The highest BCUT2D eigenvalue weighted by Gasteiger charge is 2.23. The number of halogens is 1. The number of fused-ring (bicyclic) bond motifs is 2. The summed E-state index contributed by atoms with van der Waals surface area (Å²) in [5.41, 5.74) is 1.91. The van der Waals surface area contributed by atoms with E-state index >= 15 is 0 Å². The van der Waals surface area contributed by atoms with E-state index in [1.807, 2.05) is 0 Å². The van der Waals surface area contributed by atoms with Gasteiger partial charge in [0.25, 0.3) is 10.0 Å². The molecule has 110 valence electrons. The maximum absolute atomic E-state index is 12.9. The fourth-order valence-corrected chi connectivity index (χ4v) is 4.53. The third kappa shape index (κ3) is 1.92. The van der Waals surface area contributed by atoms with Gasteiger partial charge in [0.05, 0.1) is 22.8 Å². The molecule has 22 heavy (non-hydrogen) atoms. The lowest BCUT2D eigenvalue weighted by Crippen LogP contribution is -2.12. The molecule has 3 aromatic heterocycles. The standard InChI is InChI=1S/C13H7ClN4O2S2/c14-12-5-4-10-8(15-12)6-7-18(10)22(19,20)11-3-1-2-9-13(11)17-21-16-9/h1-7H. The summed E-state index contributed by atoms with van der Waals surface area (Å²) in [6.45, 7) is 0. The number of hydrogen-bond acceptors (Lipinski definition) is 6. The van der Waals surface area contributed by atoms with Gasteiger partial charge in [-0.3, -0.25) is 0 Å². The van der Waals surface area contributed by atoms with Crippen LogP contribution in [0.15, 0.2) is 47.5 Å². The van der Waals surface area contributed by atoms with Crippen molar-refractivity contribution in [2.75, 3.05) is 0 Å². The van der Waals surface area contributed by atoms with Crippen molar-refractivity contribution in [3.8, 4) is 0 Å². The quantitative estimate of drug-likeness (QED) is 0.519. The molecule has 0 amide bonds. The zero-order valence-electron chi connectivity index (χ0n) is 10.8. The Balaban J connectivity index is 2.02. The molecule has 0 spiro atoms. The van der Waals surface area contributed by atoms with E-state index in [9.17, 15) is 8.42 Å². The van der Waals surface area contributed by atoms with Gasteiger partial charge < -0.3 is 0 Å². The molecule has 1 aromatic carbocycles. The van der Waals surface area contributed by atoms with Crippen LogP contribution < -0.4 is 0 Å². The Morgan fingerprint density at radius 3 is 2.77 bits per heavy atom. The molecule has 3 heterocycles. The number of aromatic nitrogens is 4. The van der Waals surface area contributed by atoms with Crippen LogP contribution in [0, 0.1) is 0 Å². The number of rotatable bonds is 2. The van der Waals surface area contributed by atoms with Crippen molar-refractivity contribution in [3.05, 3.63) is 47.7 Å². The first-order valence-corrected chi connectivity index (χ1v) is 8.73. The smallest absolute Gasteiger partial charge is 0.239 e. The summed E-state index contributed by atoms with van der Waals surface area (Å²) in [5.74, 6) is 0. The SMILES string of the molecule is O=S(=O)(c1cccc2nsnc12)n1ccc2nc(Cl)ccc21. The molecule has 0 N–H and O–H groups in total. The van der Waals surface area contributed by atoms with E-state index in [1.165, 1.54) is 16.2 Å². The number of nitrogens with zero attached hydrogens (tertiary/aromatic N) is 4. The molecule has 0 unspecified atom stereocenters. The Kier molecular flexibility index (Phi) is 2.93. The van der Waals surface area contributed by atoms with E-state index in [-0.39, 0.29) is 4.90 Å². The largest absolute Gasteiger partial charge is 0.270 e. The first-order chi connectivity index (χ1) is 10.6. The van der Waals surface area contributed by atoms with Gasteiger partial charge in [-0.2, -0.15) is 8.75 Å². The van der Waals surface area contributed by atoms with Crippen molar-refractivity contribution in [2.24, 2.45) is 0 Å². The lowest BCUT2D eigenvalue weighted by Gasteiger charge is -2.07. The third-order valence-electron chi connectivity index (χ3n) is 3.26. The summed E-state index contributed by atoms with van der Waals surface area (Å²) in [6, 6.07) is 9.69. The van der Waals surface area contributed by atoms with Crippen molar-refractivity contribution in [1.29, 1.82) is 0 Å². The van der Waals surface area contributed by atoms with Crippen LogP contribution >= 0.6 is 23.3 Å². The highest BCUT2D eigenvalue weighted by Crippen LogP contribution is 2.26. The van der Waals surface area contributed by atoms with Gasteiger partial charge in [-0.15, -0.1) is 0 Å². The van der Waals surface area contributed by atoms with E-state index in [4.69, 9.17) is 11.6 Å². The molecule has 0 radical (unpaired) electrons. The average Bonchev–Trinajstić information content (AvgIpc) is 3.12. The predicted octanol–water partition coefficient (Wildman–Crippen LogP) is 2.93. The van der Waals surface area contributed by atoms with Gasteiger partial charge in [0.15, 0.2) is 0 Å². The molecule has 6 nitrogen and oxygen atoms in total. The third-order valence-corrected chi connectivity index (χ3v) is 5.73. The summed E-state index contributed by atoms with van der Waals surface area (Å²) in [7, 11) is -3.79. The summed E-state index contributed by atoms with van der Waals surface area (Å²) in [6.07, 6.45) is 1.46. The Labute approximate surface area is 134 Å². The Morgan fingerprint density at radius 1 is 1.05 bits per heavy atom. The Bertz CT molecular complexity index is 1120. The fraction of sp³-hybridized carbons (Fsp3) is 0. The van der Waals surface area contributed by atoms with E-state index in [1.54, 1.807) is 30.3 Å². The summed E-state index contributed by atoms with van der Waals surface area (Å²) < 4.78 is 35.2. The average molecular weight is 351 g/mol. The molecule has 0 bridgehead atoms. The van der Waals surface area contributed by atoms with Crippen molar-refractivity contribution in [2.45, 2.75) is 4.90 Å². The minimum absolute atomic E-state index is 0.117. The lowest BCUT2D eigenvalue weighted by molar-refractivity contribution is 0.590. The second-order valence-electron chi connectivity index (χ2n) is 4.54. The summed E-state index contributed by atoms with van der Waals surface area (Å²) in [5, 5.41) is 0.313. The van der Waals surface area contributed by atoms with Gasteiger partial charge in [0.2, 0.25) is 0 Å². The summed E-state index contributed by atoms with van der Waals surface area (Å²) in [4.78, 5) is 4.23. The number of hydrogen-bond donors (Lipinski definition) is 0. The highest BCUT2D eigenvalue weighted by atomic mass is 35.5. The van der Waals surface area contributed by atoms with Crippen LogP contribution in [0.25, 0.3) is 22.1 Å². The molecule has 4 aromatic rings. The van der Waals surface area contributed by atoms with Gasteiger partial charge in [0.1, 0.15) is 21.1 Å². The first-order valence-electron chi connectivity index (χ1n) is 6.18. The van der Waals surface area contributed by atoms with Gasteiger partial charge in [-0.25, -0.2) is 17.4 Å². The van der Waals surface area contributed by atoms with Gasteiger partial charge in [0, 0.05) is 6.20 Å². The molecular formula is C13H7ClN4O2S2. The maximum Gasteiger partial charge on any atom is 0.270 e. The first kappa shape index (κ1) is 13.6. The van der Waals surface area contributed by atoms with Crippen LogP contribution in [-0.4, -0.2) is 26.1 Å².